The molecule has 1 aromatic rings. The fraction of sp³-hybridized carbons (Fsp3) is 0.385. The molecule has 0 aliphatic rings. The van der Waals surface area contributed by atoms with Gasteiger partial charge in [-0.25, -0.2) is 4.39 Å². The van der Waals surface area contributed by atoms with Crippen LogP contribution in [0, 0.1) is 17.1 Å². The van der Waals surface area contributed by atoms with Crippen LogP contribution in [-0.4, -0.2) is 18.2 Å². The SMILES string of the molecule is CC(SCC(=O)NCCC#N)c1ccc(F)cc1. The molecule has 0 radical (unpaired) electrons. The summed E-state index contributed by atoms with van der Waals surface area (Å²) in [7, 11) is 0. The van der Waals surface area contributed by atoms with E-state index in [2.05, 4.69) is 5.32 Å². The maximum atomic E-state index is 12.7. The monoisotopic (exact) mass is 266 g/mol. The third-order valence-corrected chi connectivity index (χ3v) is 3.56. The molecule has 18 heavy (non-hydrogen) atoms. The van der Waals surface area contributed by atoms with Crippen molar-refractivity contribution in [3.05, 3.63) is 35.6 Å². The number of nitriles is 1. The van der Waals surface area contributed by atoms with Crippen LogP contribution in [0.15, 0.2) is 24.3 Å². The Morgan fingerprint density at radius 1 is 1.50 bits per heavy atom. The smallest absolute Gasteiger partial charge is 0.230 e. The molecule has 0 saturated carbocycles. The molecule has 1 unspecified atom stereocenters. The molecule has 1 atom stereocenters. The van der Waals surface area contributed by atoms with E-state index in [-0.39, 0.29) is 17.0 Å². The molecule has 0 heterocycles. The minimum absolute atomic E-state index is 0.0794. The van der Waals surface area contributed by atoms with Crippen LogP contribution in [0.3, 0.4) is 0 Å². The second-order valence-corrected chi connectivity index (χ2v) is 5.09. The van der Waals surface area contributed by atoms with Gasteiger partial charge in [0.15, 0.2) is 0 Å². The lowest BCUT2D eigenvalue weighted by Gasteiger charge is -2.11. The topological polar surface area (TPSA) is 52.9 Å². The zero-order chi connectivity index (χ0) is 13.4. The molecule has 3 nitrogen and oxygen atoms in total. The first-order chi connectivity index (χ1) is 8.63. The molecule has 0 aliphatic carbocycles. The molecule has 0 saturated heterocycles. The fourth-order valence-corrected chi connectivity index (χ4v) is 2.19. The second-order valence-electron chi connectivity index (χ2n) is 3.76. The molecule has 0 aromatic heterocycles. The summed E-state index contributed by atoms with van der Waals surface area (Å²) >= 11 is 1.48. The van der Waals surface area contributed by atoms with Gasteiger partial charge in [-0.15, -0.1) is 11.8 Å². The first kappa shape index (κ1) is 14.5. The Kier molecular flexibility index (Phi) is 6.23. The van der Waals surface area contributed by atoms with Crippen molar-refractivity contribution in [2.75, 3.05) is 12.3 Å². The van der Waals surface area contributed by atoms with Gasteiger partial charge < -0.3 is 5.32 Å². The van der Waals surface area contributed by atoms with E-state index >= 15 is 0 Å². The Balaban J connectivity index is 2.32. The number of thioether (sulfide) groups is 1. The summed E-state index contributed by atoms with van der Waals surface area (Å²) < 4.78 is 12.7. The van der Waals surface area contributed by atoms with Crippen LogP contribution in [0.1, 0.15) is 24.2 Å². The maximum Gasteiger partial charge on any atom is 0.230 e. The highest BCUT2D eigenvalue weighted by molar-refractivity contribution is 8.00. The zero-order valence-electron chi connectivity index (χ0n) is 10.1. The third kappa shape index (κ3) is 5.19. The quantitative estimate of drug-likeness (QED) is 0.805. The number of rotatable bonds is 6. The molecule has 1 N–H and O–H groups in total. The van der Waals surface area contributed by atoms with E-state index in [0.717, 1.165) is 5.56 Å². The van der Waals surface area contributed by atoms with E-state index in [0.29, 0.717) is 18.7 Å². The maximum absolute atomic E-state index is 12.7. The highest BCUT2D eigenvalue weighted by Crippen LogP contribution is 2.27. The lowest BCUT2D eigenvalue weighted by Crippen LogP contribution is -2.26. The molecule has 0 aliphatic heterocycles. The van der Waals surface area contributed by atoms with Crippen molar-refractivity contribution in [2.24, 2.45) is 0 Å². The van der Waals surface area contributed by atoms with Crippen LogP contribution in [0.5, 0.6) is 0 Å². The summed E-state index contributed by atoms with van der Waals surface area (Å²) in [5, 5.41) is 11.1. The van der Waals surface area contributed by atoms with Crippen molar-refractivity contribution in [1.29, 1.82) is 5.26 Å². The fourth-order valence-electron chi connectivity index (χ4n) is 1.34. The molecule has 0 spiro atoms. The Morgan fingerprint density at radius 3 is 2.78 bits per heavy atom. The number of hydrogen-bond acceptors (Lipinski definition) is 3. The van der Waals surface area contributed by atoms with E-state index in [4.69, 9.17) is 5.26 Å². The second kappa shape index (κ2) is 7.72. The van der Waals surface area contributed by atoms with Crippen LogP contribution >= 0.6 is 11.8 Å². The number of halogens is 1. The summed E-state index contributed by atoms with van der Waals surface area (Å²) in [5.41, 5.74) is 0.992. The zero-order valence-corrected chi connectivity index (χ0v) is 11.0. The molecule has 96 valence electrons. The van der Waals surface area contributed by atoms with Gasteiger partial charge >= 0.3 is 0 Å². The Hall–Kier alpha value is -1.54. The summed E-state index contributed by atoms with van der Waals surface area (Å²) in [4.78, 5) is 11.4. The van der Waals surface area contributed by atoms with Gasteiger partial charge in [0.1, 0.15) is 5.82 Å². The molecule has 0 fully saturated rings. The standard InChI is InChI=1S/C13H15FN2OS/c1-10(11-3-5-12(14)6-4-11)18-9-13(17)16-8-2-7-15/h3-6,10H,2,8-9H2,1H3,(H,16,17). The van der Waals surface area contributed by atoms with E-state index < -0.39 is 0 Å². The summed E-state index contributed by atoms with van der Waals surface area (Å²) in [6, 6.07) is 8.24. The van der Waals surface area contributed by atoms with Crippen molar-refractivity contribution in [1.82, 2.24) is 5.32 Å². The molecule has 5 heteroatoms. The van der Waals surface area contributed by atoms with Gasteiger partial charge in [-0.2, -0.15) is 5.26 Å². The Labute approximate surface area is 110 Å². The van der Waals surface area contributed by atoms with Crippen LogP contribution < -0.4 is 5.32 Å². The summed E-state index contributed by atoms with van der Waals surface area (Å²) in [5.74, 6) is -0.00124. The van der Waals surface area contributed by atoms with Crippen molar-refractivity contribution in [2.45, 2.75) is 18.6 Å². The number of benzene rings is 1. The van der Waals surface area contributed by atoms with E-state index in [1.165, 1.54) is 23.9 Å². The van der Waals surface area contributed by atoms with Crippen molar-refractivity contribution < 1.29 is 9.18 Å². The number of nitrogens with one attached hydrogen (secondary N) is 1. The highest BCUT2D eigenvalue weighted by Gasteiger charge is 2.09. The average molecular weight is 266 g/mol. The number of carbonyl (C=O) groups is 1. The first-order valence-electron chi connectivity index (χ1n) is 5.64. The normalized spacial score (nSPS) is 11.6. The molecule has 1 amide bonds. The van der Waals surface area contributed by atoms with Crippen LogP contribution in [0.4, 0.5) is 4.39 Å². The van der Waals surface area contributed by atoms with Gasteiger partial charge in [0.05, 0.1) is 18.2 Å². The van der Waals surface area contributed by atoms with E-state index in [1.54, 1.807) is 12.1 Å². The van der Waals surface area contributed by atoms with Crippen LogP contribution in [0.2, 0.25) is 0 Å². The number of carbonyl (C=O) groups excluding carboxylic acids is 1. The van der Waals surface area contributed by atoms with Crippen molar-refractivity contribution in [3.63, 3.8) is 0 Å². The van der Waals surface area contributed by atoms with Gasteiger partial charge in [0.2, 0.25) is 5.91 Å². The lowest BCUT2D eigenvalue weighted by molar-refractivity contribution is -0.118. The molecule has 1 aromatic carbocycles. The summed E-state index contributed by atoms with van der Waals surface area (Å²) in [6.45, 7) is 2.36. The minimum Gasteiger partial charge on any atom is -0.354 e. The third-order valence-electron chi connectivity index (χ3n) is 2.36. The van der Waals surface area contributed by atoms with Crippen LogP contribution in [0.25, 0.3) is 0 Å². The summed E-state index contributed by atoms with van der Waals surface area (Å²) in [6.07, 6.45) is 0.323. The molecule has 0 bridgehead atoms. The average Bonchev–Trinajstić information content (AvgIpc) is 2.37. The predicted molar refractivity (Wildman–Crippen MR) is 70.5 cm³/mol. The Morgan fingerprint density at radius 2 is 2.17 bits per heavy atom. The van der Waals surface area contributed by atoms with Crippen molar-refractivity contribution >= 4 is 17.7 Å². The first-order valence-corrected chi connectivity index (χ1v) is 6.69. The van der Waals surface area contributed by atoms with Gasteiger partial charge in [0, 0.05) is 11.8 Å². The van der Waals surface area contributed by atoms with Gasteiger partial charge in [0.25, 0.3) is 0 Å². The molecule has 1 rings (SSSR count). The van der Waals surface area contributed by atoms with Crippen LogP contribution in [-0.2, 0) is 4.79 Å². The van der Waals surface area contributed by atoms with E-state index in [9.17, 15) is 9.18 Å². The van der Waals surface area contributed by atoms with E-state index in [1.807, 2.05) is 13.0 Å². The number of hydrogen-bond donors (Lipinski definition) is 1. The number of amides is 1. The van der Waals surface area contributed by atoms with Gasteiger partial charge in [-0.3, -0.25) is 4.79 Å². The predicted octanol–water partition coefficient (Wildman–Crippen LogP) is 2.65. The molecular weight excluding hydrogens is 251 g/mol. The largest absolute Gasteiger partial charge is 0.354 e. The minimum atomic E-state index is -0.259. The highest BCUT2D eigenvalue weighted by atomic mass is 32.2. The molecular formula is C13H15FN2OS. The Bertz CT molecular complexity index is 428. The lowest BCUT2D eigenvalue weighted by atomic mass is 10.2. The van der Waals surface area contributed by atoms with Gasteiger partial charge in [-0.05, 0) is 24.6 Å². The number of nitrogens with zero attached hydrogens (tertiary/aromatic N) is 1. The van der Waals surface area contributed by atoms with Gasteiger partial charge in [-0.1, -0.05) is 12.1 Å². The van der Waals surface area contributed by atoms with Crippen molar-refractivity contribution in [3.8, 4) is 6.07 Å².